The molecule has 0 saturated heterocycles. The van der Waals surface area contributed by atoms with E-state index in [1.54, 1.807) is 29.9 Å². The lowest BCUT2D eigenvalue weighted by Crippen LogP contribution is -2.46. The highest BCUT2D eigenvalue weighted by Gasteiger charge is 2.15. The van der Waals surface area contributed by atoms with Gasteiger partial charge in [-0.15, -0.1) is 11.3 Å². The molecule has 2 amide bonds. The van der Waals surface area contributed by atoms with Gasteiger partial charge in [0, 0.05) is 6.08 Å². The average molecular weight is 313 g/mol. The summed E-state index contributed by atoms with van der Waals surface area (Å²) in [6, 6.07) is 12.6. The van der Waals surface area contributed by atoms with E-state index in [2.05, 4.69) is 5.43 Å². The molecule has 0 aliphatic carbocycles. The van der Waals surface area contributed by atoms with Crippen LogP contribution in [0.4, 0.5) is 0 Å². The summed E-state index contributed by atoms with van der Waals surface area (Å²) in [5.74, 6) is -0.941. The van der Waals surface area contributed by atoms with Gasteiger partial charge < -0.3 is 0 Å². The largest absolute Gasteiger partial charge is 0.289 e. The number of hydrogen-bond acceptors (Lipinski definition) is 4. The first-order valence-electron chi connectivity index (χ1n) is 6.45. The third kappa shape index (κ3) is 4.39. The predicted molar refractivity (Wildman–Crippen MR) is 84.7 cm³/mol. The number of nitrogens with zero attached hydrogens (tertiary/aromatic N) is 1. The molecule has 2 rings (SSSR count). The second kappa shape index (κ2) is 7.90. The Morgan fingerprint density at radius 1 is 1.18 bits per heavy atom. The lowest BCUT2D eigenvalue weighted by atomic mass is 10.2. The number of rotatable bonds is 5. The van der Waals surface area contributed by atoms with Gasteiger partial charge in [-0.05, 0) is 23.1 Å². The molecule has 5 nitrogen and oxygen atoms in total. The molecule has 0 atom stereocenters. The van der Waals surface area contributed by atoms with Gasteiger partial charge in [-0.3, -0.25) is 19.8 Å². The lowest BCUT2D eigenvalue weighted by molar-refractivity contribution is -0.127. The summed E-state index contributed by atoms with van der Waals surface area (Å²) in [5, 5.41) is 2.68. The molecule has 1 aromatic heterocycles. The number of hydrogen-bond donors (Lipinski definition) is 1. The number of amides is 2. The summed E-state index contributed by atoms with van der Waals surface area (Å²) >= 11 is 1.25. The SMILES string of the molecule is O=[C]CN(NC(=O)c1cccs1)C(=O)/C=C/c1ccccc1. The lowest BCUT2D eigenvalue weighted by Gasteiger charge is -2.18. The predicted octanol–water partition coefficient (Wildman–Crippen LogP) is 2.04. The van der Waals surface area contributed by atoms with Crippen molar-refractivity contribution in [1.82, 2.24) is 10.4 Å². The Morgan fingerprint density at radius 3 is 2.59 bits per heavy atom. The molecule has 1 N–H and O–H groups in total. The molecule has 1 aromatic carbocycles. The molecule has 0 aliphatic heterocycles. The average Bonchev–Trinajstić information content (AvgIpc) is 3.07. The molecule has 0 spiro atoms. The molecule has 111 valence electrons. The van der Waals surface area contributed by atoms with Crippen LogP contribution in [0.25, 0.3) is 6.08 Å². The van der Waals surface area contributed by atoms with Gasteiger partial charge in [0.1, 0.15) is 6.54 Å². The van der Waals surface area contributed by atoms with Crippen LogP contribution >= 0.6 is 11.3 Å². The van der Waals surface area contributed by atoms with Crippen molar-refractivity contribution < 1.29 is 14.4 Å². The molecule has 6 heteroatoms. The molecule has 1 heterocycles. The smallest absolute Gasteiger partial charge is 0.279 e. The summed E-state index contributed by atoms with van der Waals surface area (Å²) in [6.45, 7) is -0.338. The molecular weight excluding hydrogens is 300 g/mol. The second-order valence-corrected chi connectivity index (χ2v) is 5.18. The fourth-order valence-corrected chi connectivity index (χ4v) is 2.26. The van der Waals surface area contributed by atoms with E-state index in [0.29, 0.717) is 4.88 Å². The molecular formula is C16H13N2O3S. The Hall–Kier alpha value is -2.73. The number of thiophene rings is 1. The first-order chi connectivity index (χ1) is 10.7. The van der Waals surface area contributed by atoms with Crippen molar-refractivity contribution in [1.29, 1.82) is 0 Å². The van der Waals surface area contributed by atoms with Crippen LogP contribution in [0.2, 0.25) is 0 Å². The first-order valence-corrected chi connectivity index (χ1v) is 7.33. The van der Waals surface area contributed by atoms with Crippen molar-refractivity contribution in [3.8, 4) is 0 Å². The molecule has 22 heavy (non-hydrogen) atoms. The standard InChI is InChI=1S/C16H13N2O3S/c19-11-10-18(17-16(21)14-7-4-12-22-14)15(20)9-8-13-5-2-1-3-6-13/h1-9,12H,10H2,(H,17,21)/b9-8+. The number of carbonyl (C=O) groups is 2. The van der Waals surface area contributed by atoms with Gasteiger partial charge in [0.05, 0.1) is 4.88 Å². The van der Waals surface area contributed by atoms with Crippen LogP contribution in [0.15, 0.2) is 53.9 Å². The topological polar surface area (TPSA) is 66.5 Å². The van der Waals surface area contributed by atoms with Crippen LogP contribution in [0, 0.1) is 0 Å². The number of nitrogens with one attached hydrogen (secondary N) is 1. The van der Waals surface area contributed by atoms with Gasteiger partial charge in [-0.25, -0.2) is 5.01 Å². The van der Waals surface area contributed by atoms with E-state index in [1.165, 1.54) is 17.4 Å². The summed E-state index contributed by atoms with van der Waals surface area (Å²) in [7, 11) is 0. The monoisotopic (exact) mass is 313 g/mol. The fraction of sp³-hybridized carbons (Fsp3) is 0.0625. The minimum absolute atomic E-state index is 0.338. The zero-order chi connectivity index (χ0) is 15.8. The Balaban J connectivity index is 2.03. The normalized spacial score (nSPS) is 10.4. The van der Waals surface area contributed by atoms with Crippen LogP contribution in [-0.2, 0) is 9.59 Å². The van der Waals surface area contributed by atoms with Crippen LogP contribution in [0.1, 0.15) is 15.2 Å². The van der Waals surface area contributed by atoms with Crippen molar-refractivity contribution in [2.24, 2.45) is 0 Å². The van der Waals surface area contributed by atoms with Gasteiger partial charge in [0.2, 0.25) is 6.29 Å². The molecule has 0 aliphatic rings. The van der Waals surface area contributed by atoms with Crippen LogP contribution in [0.3, 0.4) is 0 Å². The number of carbonyl (C=O) groups excluding carboxylic acids is 3. The van der Waals surface area contributed by atoms with Gasteiger partial charge in [0.25, 0.3) is 11.8 Å². The van der Waals surface area contributed by atoms with E-state index in [9.17, 15) is 14.4 Å². The van der Waals surface area contributed by atoms with Crippen molar-refractivity contribution in [3.05, 3.63) is 64.4 Å². The highest BCUT2D eigenvalue weighted by atomic mass is 32.1. The fourth-order valence-electron chi connectivity index (χ4n) is 1.64. The summed E-state index contributed by atoms with van der Waals surface area (Å²) in [6.07, 6.45) is 4.51. The van der Waals surface area contributed by atoms with Gasteiger partial charge in [-0.2, -0.15) is 0 Å². The van der Waals surface area contributed by atoms with Crippen LogP contribution < -0.4 is 5.43 Å². The van der Waals surface area contributed by atoms with Crippen molar-refractivity contribution in [3.63, 3.8) is 0 Å². The zero-order valence-electron chi connectivity index (χ0n) is 11.6. The quantitative estimate of drug-likeness (QED) is 0.678. The molecule has 0 fully saturated rings. The number of benzene rings is 1. The zero-order valence-corrected chi connectivity index (χ0v) is 12.4. The third-order valence-electron chi connectivity index (χ3n) is 2.69. The highest BCUT2D eigenvalue weighted by molar-refractivity contribution is 7.12. The first kappa shape index (κ1) is 15.7. The molecule has 0 unspecified atom stereocenters. The number of hydrazine groups is 1. The van der Waals surface area contributed by atoms with Crippen molar-refractivity contribution >= 4 is 35.5 Å². The summed E-state index contributed by atoms with van der Waals surface area (Å²) < 4.78 is 0. The van der Waals surface area contributed by atoms with E-state index in [0.717, 1.165) is 10.6 Å². The molecule has 0 bridgehead atoms. The third-order valence-corrected chi connectivity index (χ3v) is 3.56. The van der Waals surface area contributed by atoms with E-state index in [-0.39, 0.29) is 6.54 Å². The van der Waals surface area contributed by atoms with Crippen LogP contribution in [0.5, 0.6) is 0 Å². The Bertz CT molecular complexity index is 666. The maximum Gasteiger partial charge on any atom is 0.279 e. The Labute approximate surface area is 131 Å². The van der Waals surface area contributed by atoms with E-state index in [4.69, 9.17) is 0 Å². The molecule has 0 saturated carbocycles. The van der Waals surface area contributed by atoms with E-state index >= 15 is 0 Å². The molecule has 1 radical (unpaired) electrons. The highest BCUT2D eigenvalue weighted by Crippen LogP contribution is 2.08. The maximum atomic E-state index is 12.1. The van der Waals surface area contributed by atoms with Gasteiger partial charge in [0.15, 0.2) is 0 Å². The maximum absolute atomic E-state index is 12.1. The molecule has 2 aromatic rings. The summed E-state index contributed by atoms with van der Waals surface area (Å²) in [4.78, 5) is 35.0. The van der Waals surface area contributed by atoms with E-state index < -0.39 is 11.8 Å². The van der Waals surface area contributed by atoms with E-state index in [1.807, 2.05) is 30.3 Å². The second-order valence-electron chi connectivity index (χ2n) is 4.23. The minimum atomic E-state index is -0.503. The van der Waals surface area contributed by atoms with Gasteiger partial charge >= 0.3 is 0 Å². The van der Waals surface area contributed by atoms with Gasteiger partial charge in [-0.1, -0.05) is 36.4 Å². The van der Waals surface area contributed by atoms with Crippen molar-refractivity contribution in [2.75, 3.05) is 6.54 Å². The van der Waals surface area contributed by atoms with Crippen molar-refractivity contribution in [2.45, 2.75) is 0 Å². The minimum Gasteiger partial charge on any atom is -0.289 e. The Kier molecular flexibility index (Phi) is 5.62. The van der Waals surface area contributed by atoms with Crippen LogP contribution in [-0.4, -0.2) is 29.7 Å². The Morgan fingerprint density at radius 2 is 1.95 bits per heavy atom. The summed E-state index contributed by atoms with van der Waals surface area (Å²) in [5.41, 5.74) is 3.24.